The molecule has 3 N–H and O–H groups in total. The van der Waals surface area contributed by atoms with Gasteiger partial charge in [-0.15, -0.1) is 0 Å². The molecule has 2 aliphatic heterocycles. The maximum atomic E-state index is 12.9. The van der Waals surface area contributed by atoms with E-state index in [0.29, 0.717) is 18.5 Å². The number of benzene rings is 1. The van der Waals surface area contributed by atoms with Crippen LogP contribution in [-0.2, 0) is 19.1 Å². The molecule has 0 aromatic heterocycles. The van der Waals surface area contributed by atoms with Gasteiger partial charge in [0, 0.05) is 5.69 Å². The van der Waals surface area contributed by atoms with Crippen LogP contribution in [-0.4, -0.2) is 60.6 Å². The Bertz CT molecular complexity index is 721. The number of aryl methyl sites for hydroxylation is 1. The number of rotatable bonds is 5. The van der Waals surface area contributed by atoms with Gasteiger partial charge in [0.25, 0.3) is 0 Å². The van der Waals surface area contributed by atoms with Gasteiger partial charge >= 0.3 is 0 Å². The quantitative estimate of drug-likeness (QED) is 0.692. The number of carbonyl (C=O) groups excluding carboxylic acids is 3. The molecule has 2 saturated heterocycles. The number of likely N-dealkylation sites (N-methyl/N-ethyl adjacent to an activating group) is 1. The summed E-state index contributed by atoms with van der Waals surface area (Å²) in [6, 6.07) is 5.68. The summed E-state index contributed by atoms with van der Waals surface area (Å²) in [5.74, 6) is -0.795. The highest BCUT2D eigenvalue weighted by Gasteiger charge is 2.47. The number of hydrogen-bond donors (Lipinski definition) is 3. The summed E-state index contributed by atoms with van der Waals surface area (Å²) in [5.41, 5.74) is 1.79. The van der Waals surface area contributed by atoms with Crippen LogP contribution in [0.1, 0.15) is 25.3 Å². The number of hydrogen-bond acceptors (Lipinski definition) is 5. The standard InChI is InChI=1S/C19H26N4O4/c1-11-4-6-13(7-5-11)21-18(25)15-8-9-16-23(15)19(26)14(10-27-16)22-17(24)12(2)20-3/h4-7,12,14-16,20H,8-10H2,1-3H3,(H,21,25)(H,22,24)/t12-,14-,15?,16-/m0/s1. The van der Waals surface area contributed by atoms with Crippen molar-refractivity contribution in [1.82, 2.24) is 15.5 Å². The normalized spacial score (nSPS) is 25.7. The van der Waals surface area contributed by atoms with E-state index in [0.717, 1.165) is 5.56 Å². The molecule has 0 bridgehead atoms. The topological polar surface area (TPSA) is 99.8 Å². The van der Waals surface area contributed by atoms with Crippen molar-refractivity contribution in [2.75, 3.05) is 19.0 Å². The van der Waals surface area contributed by atoms with Gasteiger partial charge in [-0.05, 0) is 45.9 Å². The molecule has 1 unspecified atom stereocenters. The Kier molecular flexibility index (Phi) is 5.76. The lowest BCUT2D eigenvalue weighted by Crippen LogP contribution is -2.62. The van der Waals surface area contributed by atoms with E-state index < -0.39 is 24.4 Å². The van der Waals surface area contributed by atoms with Crippen LogP contribution < -0.4 is 16.0 Å². The molecule has 1 aromatic carbocycles. The van der Waals surface area contributed by atoms with E-state index in [2.05, 4.69) is 16.0 Å². The van der Waals surface area contributed by atoms with Crippen molar-refractivity contribution >= 4 is 23.4 Å². The lowest BCUT2D eigenvalue weighted by atomic mass is 10.1. The third kappa shape index (κ3) is 4.12. The Labute approximate surface area is 158 Å². The zero-order valence-corrected chi connectivity index (χ0v) is 15.8. The van der Waals surface area contributed by atoms with Gasteiger partial charge in [0.15, 0.2) is 0 Å². The number of ether oxygens (including phenoxy) is 1. The molecule has 0 saturated carbocycles. The van der Waals surface area contributed by atoms with Crippen molar-refractivity contribution < 1.29 is 19.1 Å². The van der Waals surface area contributed by atoms with Crippen LogP contribution in [0.5, 0.6) is 0 Å². The lowest BCUT2D eigenvalue weighted by molar-refractivity contribution is -0.166. The highest BCUT2D eigenvalue weighted by molar-refractivity contribution is 5.99. The molecule has 1 aromatic rings. The van der Waals surface area contributed by atoms with Gasteiger partial charge in [-0.2, -0.15) is 0 Å². The van der Waals surface area contributed by atoms with Crippen LogP contribution in [0.3, 0.4) is 0 Å². The Morgan fingerprint density at radius 2 is 1.93 bits per heavy atom. The highest BCUT2D eigenvalue weighted by Crippen LogP contribution is 2.30. The predicted octanol–water partition coefficient (Wildman–Crippen LogP) is 0.374. The van der Waals surface area contributed by atoms with Crippen molar-refractivity contribution in [3.63, 3.8) is 0 Å². The van der Waals surface area contributed by atoms with Gasteiger partial charge in [-0.1, -0.05) is 17.7 Å². The minimum absolute atomic E-state index is 0.120. The Hall–Kier alpha value is -2.45. The molecule has 0 radical (unpaired) electrons. The second-order valence-corrected chi connectivity index (χ2v) is 7.05. The van der Waals surface area contributed by atoms with Crippen LogP contribution in [0.25, 0.3) is 0 Å². The number of anilines is 1. The van der Waals surface area contributed by atoms with Crippen LogP contribution >= 0.6 is 0 Å². The smallest absolute Gasteiger partial charge is 0.250 e. The summed E-state index contributed by atoms with van der Waals surface area (Å²) in [6.45, 7) is 3.80. The molecule has 3 amide bonds. The zero-order valence-electron chi connectivity index (χ0n) is 15.8. The van der Waals surface area contributed by atoms with E-state index in [4.69, 9.17) is 4.74 Å². The van der Waals surface area contributed by atoms with Gasteiger partial charge in [0.2, 0.25) is 17.7 Å². The third-order valence-electron chi connectivity index (χ3n) is 5.11. The summed E-state index contributed by atoms with van der Waals surface area (Å²) in [6.07, 6.45) is 0.716. The third-order valence-corrected chi connectivity index (χ3v) is 5.11. The number of amides is 3. The highest BCUT2D eigenvalue weighted by atomic mass is 16.5. The lowest BCUT2D eigenvalue weighted by Gasteiger charge is -2.37. The number of nitrogens with zero attached hydrogens (tertiary/aromatic N) is 1. The first-order valence-corrected chi connectivity index (χ1v) is 9.19. The fourth-order valence-electron chi connectivity index (χ4n) is 3.35. The summed E-state index contributed by atoms with van der Waals surface area (Å²) in [4.78, 5) is 39.2. The van der Waals surface area contributed by atoms with Gasteiger partial charge in [-0.25, -0.2) is 0 Å². The second kappa shape index (κ2) is 8.06. The average Bonchev–Trinajstić information content (AvgIpc) is 3.10. The molecule has 27 heavy (non-hydrogen) atoms. The minimum Gasteiger partial charge on any atom is -0.356 e. The van der Waals surface area contributed by atoms with E-state index in [-0.39, 0.29) is 24.3 Å². The van der Waals surface area contributed by atoms with Crippen molar-refractivity contribution in [2.24, 2.45) is 0 Å². The summed E-state index contributed by atoms with van der Waals surface area (Å²) < 4.78 is 5.74. The summed E-state index contributed by atoms with van der Waals surface area (Å²) in [5, 5.41) is 8.39. The molecule has 0 spiro atoms. The van der Waals surface area contributed by atoms with E-state index in [1.54, 1.807) is 14.0 Å². The van der Waals surface area contributed by atoms with E-state index >= 15 is 0 Å². The van der Waals surface area contributed by atoms with Crippen molar-refractivity contribution in [1.29, 1.82) is 0 Å². The minimum atomic E-state index is -0.780. The van der Waals surface area contributed by atoms with Gasteiger partial charge in [0.1, 0.15) is 18.3 Å². The largest absolute Gasteiger partial charge is 0.356 e. The molecule has 8 nitrogen and oxygen atoms in total. The average molecular weight is 374 g/mol. The second-order valence-electron chi connectivity index (χ2n) is 7.05. The monoisotopic (exact) mass is 374 g/mol. The zero-order chi connectivity index (χ0) is 19.6. The Balaban J connectivity index is 1.68. The fourth-order valence-corrected chi connectivity index (χ4v) is 3.35. The summed E-state index contributed by atoms with van der Waals surface area (Å²) >= 11 is 0. The van der Waals surface area contributed by atoms with Gasteiger partial charge in [-0.3, -0.25) is 14.4 Å². The Morgan fingerprint density at radius 3 is 2.59 bits per heavy atom. The molecule has 0 aliphatic carbocycles. The maximum Gasteiger partial charge on any atom is 0.250 e. The molecule has 2 aliphatic rings. The molecular formula is C19H26N4O4. The van der Waals surface area contributed by atoms with Crippen LogP contribution in [0.15, 0.2) is 24.3 Å². The molecule has 8 heteroatoms. The first-order chi connectivity index (χ1) is 12.9. The Morgan fingerprint density at radius 1 is 1.22 bits per heavy atom. The van der Waals surface area contributed by atoms with Crippen molar-refractivity contribution in [3.8, 4) is 0 Å². The van der Waals surface area contributed by atoms with Crippen LogP contribution in [0.2, 0.25) is 0 Å². The molecule has 3 rings (SSSR count). The SMILES string of the molecule is CN[C@@H](C)C(=O)N[C@H]1CO[C@H]2CCC(C(=O)Nc3ccc(C)cc3)N2C1=O. The number of nitrogens with one attached hydrogen (secondary N) is 3. The first-order valence-electron chi connectivity index (χ1n) is 9.19. The van der Waals surface area contributed by atoms with Gasteiger partial charge in [0.05, 0.1) is 12.6 Å². The maximum absolute atomic E-state index is 12.9. The fraction of sp³-hybridized carbons (Fsp3) is 0.526. The van der Waals surface area contributed by atoms with E-state index in [1.165, 1.54) is 4.90 Å². The van der Waals surface area contributed by atoms with Crippen molar-refractivity contribution in [3.05, 3.63) is 29.8 Å². The van der Waals surface area contributed by atoms with Gasteiger partial charge < -0.3 is 25.6 Å². The molecule has 4 atom stereocenters. The van der Waals surface area contributed by atoms with E-state index in [9.17, 15) is 14.4 Å². The van der Waals surface area contributed by atoms with E-state index in [1.807, 2.05) is 31.2 Å². The first kappa shape index (κ1) is 19.3. The molecule has 146 valence electrons. The molecular weight excluding hydrogens is 348 g/mol. The molecule has 2 fully saturated rings. The summed E-state index contributed by atoms with van der Waals surface area (Å²) in [7, 11) is 1.67. The number of carbonyl (C=O) groups is 3. The number of fused-ring (bicyclic) bond motifs is 1. The van der Waals surface area contributed by atoms with Crippen LogP contribution in [0, 0.1) is 6.92 Å². The van der Waals surface area contributed by atoms with Crippen molar-refractivity contribution in [2.45, 2.75) is 51.0 Å². The predicted molar refractivity (Wildman–Crippen MR) is 99.9 cm³/mol. The van der Waals surface area contributed by atoms with Crippen LogP contribution in [0.4, 0.5) is 5.69 Å². The molecule has 2 heterocycles.